The molecule has 0 atom stereocenters. The first-order valence-corrected chi connectivity index (χ1v) is 6.48. The van der Waals surface area contributed by atoms with Crippen LogP contribution in [0.4, 0.5) is 0 Å². The Morgan fingerprint density at radius 2 is 2.00 bits per heavy atom. The van der Waals surface area contributed by atoms with Crippen LogP contribution in [-0.4, -0.2) is 15.6 Å². The Morgan fingerprint density at radius 1 is 1.17 bits per heavy atom. The maximum Gasteiger partial charge on any atom is 0.166 e. The molecule has 0 amide bonds. The molecule has 5 heteroatoms. The van der Waals surface area contributed by atoms with Crippen molar-refractivity contribution in [3.8, 4) is 5.69 Å². The molecule has 1 aromatic heterocycles. The van der Waals surface area contributed by atoms with E-state index < -0.39 is 0 Å². The summed E-state index contributed by atoms with van der Waals surface area (Å²) in [5.41, 5.74) is 2.53. The van der Waals surface area contributed by atoms with Gasteiger partial charge in [-0.1, -0.05) is 23.2 Å². The first-order chi connectivity index (χ1) is 8.66. The van der Waals surface area contributed by atoms with E-state index >= 15 is 0 Å². The van der Waals surface area contributed by atoms with E-state index in [1.807, 2.05) is 6.07 Å². The summed E-state index contributed by atoms with van der Waals surface area (Å²) in [7, 11) is 0. The summed E-state index contributed by atoms with van der Waals surface area (Å²) in [5, 5.41) is 5.28. The van der Waals surface area contributed by atoms with Gasteiger partial charge in [0.05, 0.1) is 33.2 Å². The summed E-state index contributed by atoms with van der Waals surface area (Å²) >= 11 is 11.9. The van der Waals surface area contributed by atoms with Crippen LogP contribution in [0.15, 0.2) is 24.4 Å². The molecule has 0 aliphatic heterocycles. The molecule has 2 aromatic rings. The highest BCUT2D eigenvalue weighted by atomic mass is 35.5. The van der Waals surface area contributed by atoms with Gasteiger partial charge in [0.2, 0.25) is 0 Å². The van der Waals surface area contributed by atoms with E-state index in [0.717, 1.165) is 29.8 Å². The number of ketones is 1. The summed E-state index contributed by atoms with van der Waals surface area (Å²) in [6, 6.07) is 5.34. The smallest absolute Gasteiger partial charge is 0.166 e. The molecular formula is C13H10Cl2N2O. The fourth-order valence-electron chi connectivity index (χ4n) is 2.24. The number of carbonyl (C=O) groups excluding carboxylic acids is 1. The van der Waals surface area contributed by atoms with Gasteiger partial charge in [-0.05, 0) is 31.0 Å². The van der Waals surface area contributed by atoms with Crippen LogP contribution < -0.4 is 0 Å². The minimum Gasteiger partial charge on any atom is -0.294 e. The van der Waals surface area contributed by atoms with E-state index in [2.05, 4.69) is 5.10 Å². The maximum atomic E-state index is 11.8. The monoisotopic (exact) mass is 280 g/mol. The maximum absolute atomic E-state index is 11.8. The standard InChI is InChI=1S/C13H10Cl2N2O/c14-10-5-4-8(6-11(10)15)17-12-2-1-3-13(18)9(12)7-16-17/h4-7H,1-3H2. The zero-order chi connectivity index (χ0) is 12.7. The minimum absolute atomic E-state index is 0.169. The fraction of sp³-hybridized carbons (Fsp3) is 0.231. The lowest BCUT2D eigenvalue weighted by Gasteiger charge is -2.13. The van der Waals surface area contributed by atoms with Crippen molar-refractivity contribution >= 4 is 29.0 Å². The highest BCUT2D eigenvalue weighted by Crippen LogP contribution is 2.27. The highest BCUT2D eigenvalue weighted by molar-refractivity contribution is 6.42. The van der Waals surface area contributed by atoms with Gasteiger partial charge in [-0.3, -0.25) is 4.79 Å². The average Bonchev–Trinajstić information content (AvgIpc) is 2.78. The van der Waals surface area contributed by atoms with Crippen LogP contribution in [0.5, 0.6) is 0 Å². The van der Waals surface area contributed by atoms with Crippen LogP contribution in [0.1, 0.15) is 28.9 Å². The Morgan fingerprint density at radius 3 is 2.78 bits per heavy atom. The lowest BCUT2D eigenvalue weighted by Crippen LogP contribution is -2.12. The van der Waals surface area contributed by atoms with E-state index in [4.69, 9.17) is 23.2 Å². The van der Waals surface area contributed by atoms with Crippen molar-refractivity contribution in [1.29, 1.82) is 0 Å². The number of nitrogens with zero attached hydrogens (tertiary/aromatic N) is 2. The molecule has 3 rings (SSSR count). The first kappa shape index (κ1) is 11.8. The third-order valence-corrected chi connectivity index (χ3v) is 3.87. The second kappa shape index (κ2) is 4.41. The van der Waals surface area contributed by atoms with Crippen LogP contribution in [-0.2, 0) is 6.42 Å². The highest BCUT2D eigenvalue weighted by Gasteiger charge is 2.22. The number of benzene rings is 1. The topological polar surface area (TPSA) is 34.9 Å². The average molecular weight is 281 g/mol. The van der Waals surface area contributed by atoms with Crippen molar-refractivity contribution < 1.29 is 4.79 Å². The fourth-order valence-corrected chi connectivity index (χ4v) is 2.53. The normalized spacial score (nSPS) is 14.7. The third-order valence-electron chi connectivity index (χ3n) is 3.13. The van der Waals surface area contributed by atoms with E-state index in [-0.39, 0.29) is 5.78 Å². The lowest BCUT2D eigenvalue weighted by molar-refractivity contribution is 0.0972. The molecule has 1 aromatic carbocycles. The molecule has 1 aliphatic carbocycles. The van der Waals surface area contributed by atoms with Gasteiger partial charge >= 0.3 is 0 Å². The summed E-state index contributed by atoms with van der Waals surface area (Å²) in [5.74, 6) is 0.169. The van der Waals surface area contributed by atoms with Gasteiger partial charge in [-0.15, -0.1) is 0 Å². The number of hydrogen-bond acceptors (Lipinski definition) is 2. The second-order valence-corrected chi connectivity index (χ2v) is 5.11. The zero-order valence-electron chi connectivity index (χ0n) is 9.49. The SMILES string of the molecule is O=C1CCCc2c1cnn2-c1ccc(Cl)c(Cl)c1. The quantitative estimate of drug-likeness (QED) is 0.798. The molecule has 0 fully saturated rings. The molecule has 92 valence electrons. The van der Waals surface area contributed by atoms with Gasteiger partial charge in [0.1, 0.15) is 0 Å². The molecule has 3 nitrogen and oxygen atoms in total. The van der Waals surface area contributed by atoms with Crippen LogP contribution in [0.2, 0.25) is 10.0 Å². The van der Waals surface area contributed by atoms with E-state index in [1.165, 1.54) is 0 Å². The molecular weight excluding hydrogens is 271 g/mol. The van der Waals surface area contributed by atoms with E-state index in [1.54, 1.807) is 23.0 Å². The molecule has 1 heterocycles. The van der Waals surface area contributed by atoms with E-state index in [9.17, 15) is 4.79 Å². The third kappa shape index (κ3) is 1.84. The predicted octanol–water partition coefficient (Wildman–Crippen LogP) is 3.70. The van der Waals surface area contributed by atoms with Crippen molar-refractivity contribution in [3.05, 3.63) is 45.7 Å². The lowest BCUT2D eigenvalue weighted by atomic mass is 9.97. The molecule has 0 saturated heterocycles. The minimum atomic E-state index is 0.169. The van der Waals surface area contributed by atoms with Crippen LogP contribution in [0.25, 0.3) is 5.69 Å². The number of halogens is 2. The number of aromatic nitrogens is 2. The second-order valence-electron chi connectivity index (χ2n) is 4.29. The molecule has 0 saturated carbocycles. The van der Waals surface area contributed by atoms with Gasteiger partial charge in [0, 0.05) is 6.42 Å². The Hall–Kier alpha value is -1.32. The van der Waals surface area contributed by atoms with Crippen molar-refractivity contribution in [2.45, 2.75) is 19.3 Å². The van der Waals surface area contributed by atoms with Gasteiger partial charge < -0.3 is 0 Å². The molecule has 0 unspecified atom stereocenters. The Bertz CT molecular complexity index is 634. The first-order valence-electron chi connectivity index (χ1n) is 5.72. The van der Waals surface area contributed by atoms with Crippen molar-refractivity contribution in [3.63, 3.8) is 0 Å². The number of hydrogen-bond donors (Lipinski definition) is 0. The zero-order valence-corrected chi connectivity index (χ0v) is 11.0. The number of fused-ring (bicyclic) bond motifs is 1. The van der Waals surface area contributed by atoms with Crippen molar-refractivity contribution in [2.24, 2.45) is 0 Å². The summed E-state index contributed by atoms with van der Waals surface area (Å²) < 4.78 is 1.77. The molecule has 0 radical (unpaired) electrons. The molecule has 18 heavy (non-hydrogen) atoms. The van der Waals surface area contributed by atoms with Gasteiger partial charge in [-0.2, -0.15) is 5.10 Å². The molecule has 0 spiro atoms. The molecule has 0 N–H and O–H groups in total. The van der Waals surface area contributed by atoms with Gasteiger partial charge in [-0.25, -0.2) is 4.68 Å². The van der Waals surface area contributed by atoms with E-state index in [0.29, 0.717) is 16.5 Å². The van der Waals surface area contributed by atoms with Crippen molar-refractivity contribution in [2.75, 3.05) is 0 Å². The van der Waals surface area contributed by atoms with Gasteiger partial charge in [0.15, 0.2) is 5.78 Å². The number of carbonyl (C=O) groups is 1. The predicted molar refractivity (Wildman–Crippen MR) is 70.9 cm³/mol. The van der Waals surface area contributed by atoms with Crippen LogP contribution in [0.3, 0.4) is 0 Å². The Kier molecular flexibility index (Phi) is 2.88. The summed E-state index contributed by atoms with van der Waals surface area (Å²) in [4.78, 5) is 11.8. The Balaban J connectivity index is 2.12. The van der Waals surface area contributed by atoms with Gasteiger partial charge in [0.25, 0.3) is 0 Å². The van der Waals surface area contributed by atoms with Crippen LogP contribution >= 0.6 is 23.2 Å². The largest absolute Gasteiger partial charge is 0.294 e. The summed E-state index contributed by atoms with van der Waals surface area (Å²) in [6.45, 7) is 0. The molecule has 0 bridgehead atoms. The van der Waals surface area contributed by atoms with Crippen LogP contribution in [0, 0.1) is 0 Å². The Labute approximate surface area is 114 Å². The number of Topliss-reactive ketones (excluding diaryl/α,β-unsaturated/α-hetero) is 1. The van der Waals surface area contributed by atoms with Crippen molar-refractivity contribution in [1.82, 2.24) is 9.78 Å². The number of rotatable bonds is 1. The molecule has 1 aliphatic rings. The summed E-state index contributed by atoms with van der Waals surface area (Å²) in [6.07, 6.45) is 3.99.